The molecule has 1 aliphatic rings. The summed E-state index contributed by atoms with van der Waals surface area (Å²) < 4.78 is 45.9. The van der Waals surface area contributed by atoms with Gasteiger partial charge in [-0.1, -0.05) is 35.9 Å². The van der Waals surface area contributed by atoms with Gasteiger partial charge in [-0.05, 0) is 64.8 Å². The molecule has 0 bridgehead atoms. The quantitative estimate of drug-likeness (QED) is 0.233. The number of benzene rings is 3. The number of methoxy groups -OCH3 is 1. The van der Waals surface area contributed by atoms with Crippen LogP contribution in [0.1, 0.15) is 28.3 Å². The van der Waals surface area contributed by atoms with Crippen LogP contribution < -0.4 is 9.64 Å². The number of amides is 1. The van der Waals surface area contributed by atoms with Gasteiger partial charge >= 0.3 is 6.18 Å². The third-order valence-corrected chi connectivity index (χ3v) is 6.30. The van der Waals surface area contributed by atoms with Crippen molar-refractivity contribution in [1.82, 2.24) is 0 Å². The summed E-state index contributed by atoms with van der Waals surface area (Å²) in [4.78, 5) is 27.4. The average molecular weight is 546 g/mol. The lowest BCUT2D eigenvalue weighted by molar-refractivity contribution is -0.137. The van der Waals surface area contributed by atoms with E-state index in [2.05, 4.69) is 15.9 Å². The maximum atomic E-state index is 13.4. The molecule has 1 heterocycles. The molecule has 1 unspecified atom stereocenters. The summed E-state index contributed by atoms with van der Waals surface area (Å²) in [6.45, 7) is 1.81. The van der Waals surface area contributed by atoms with E-state index in [1.165, 1.54) is 31.4 Å². The van der Waals surface area contributed by atoms with Crippen molar-refractivity contribution in [3.05, 3.63) is 99.0 Å². The summed E-state index contributed by atoms with van der Waals surface area (Å²) in [5.41, 5.74) is 0.217. The van der Waals surface area contributed by atoms with E-state index >= 15 is 0 Å². The van der Waals surface area contributed by atoms with Gasteiger partial charge in [-0.2, -0.15) is 13.2 Å². The Bertz CT molecular complexity index is 1370. The van der Waals surface area contributed by atoms with Crippen molar-refractivity contribution in [1.29, 1.82) is 0 Å². The predicted molar refractivity (Wildman–Crippen MR) is 128 cm³/mol. The van der Waals surface area contributed by atoms with Crippen molar-refractivity contribution in [3.8, 4) is 5.75 Å². The number of aliphatic hydroxyl groups is 1. The fourth-order valence-corrected chi connectivity index (χ4v) is 4.60. The van der Waals surface area contributed by atoms with E-state index in [1.54, 1.807) is 37.3 Å². The van der Waals surface area contributed by atoms with Crippen LogP contribution in [0.4, 0.5) is 18.9 Å². The van der Waals surface area contributed by atoms with Crippen LogP contribution in [-0.2, 0) is 15.8 Å². The Morgan fingerprint density at radius 3 is 2.37 bits per heavy atom. The largest absolute Gasteiger partial charge is 0.507 e. The molecule has 1 amide bonds. The molecule has 180 valence electrons. The highest BCUT2D eigenvalue weighted by Crippen LogP contribution is 2.44. The Balaban J connectivity index is 1.95. The number of aryl methyl sites for hydroxylation is 1. The topological polar surface area (TPSA) is 66.8 Å². The van der Waals surface area contributed by atoms with Gasteiger partial charge in [-0.3, -0.25) is 14.5 Å². The summed E-state index contributed by atoms with van der Waals surface area (Å²) in [5.74, 6) is -2.00. The fourth-order valence-electron chi connectivity index (χ4n) is 4.06. The van der Waals surface area contributed by atoms with Gasteiger partial charge in [0.05, 0.1) is 28.8 Å². The highest BCUT2D eigenvalue weighted by atomic mass is 79.9. The summed E-state index contributed by atoms with van der Waals surface area (Å²) in [7, 11) is 1.47. The molecule has 1 atom stereocenters. The molecular formula is C26H19BrF3NO4. The Morgan fingerprint density at radius 1 is 1.03 bits per heavy atom. The molecule has 1 fully saturated rings. The van der Waals surface area contributed by atoms with Gasteiger partial charge in [0, 0.05) is 11.3 Å². The zero-order valence-corrected chi connectivity index (χ0v) is 20.1. The minimum absolute atomic E-state index is 0.108. The first kappa shape index (κ1) is 24.5. The van der Waals surface area contributed by atoms with Crippen molar-refractivity contribution in [2.24, 2.45) is 0 Å². The summed E-state index contributed by atoms with van der Waals surface area (Å²) in [6.07, 6.45) is -4.64. The summed E-state index contributed by atoms with van der Waals surface area (Å²) in [5, 5.41) is 11.2. The van der Waals surface area contributed by atoms with Gasteiger partial charge < -0.3 is 9.84 Å². The number of hydrogen-bond acceptors (Lipinski definition) is 4. The van der Waals surface area contributed by atoms with E-state index in [1.807, 2.05) is 0 Å². The summed E-state index contributed by atoms with van der Waals surface area (Å²) in [6, 6.07) is 14.6. The number of carbonyl (C=O) groups excluding carboxylic acids is 2. The normalized spacial score (nSPS) is 17.7. The minimum atomic E-state index is -4.64. The number of carbonyl (C=O) groups is 2. The van der Waals surface area contributed by atoms with E-state index in [4.69, 9.17) is 4.74 Å². The lowest BCUT2D eigenvalue weighted by atomic mass is 9.94. The molecule has 1 saturated heterocycles. The standard InChI is InChI=1S/C26H19BrF3NO4/c1-14-5-3-6-15(11-14)22-21(23(32)16-9-10-20(35-2)19(27)12-16)24(33)25(34)31(22)18-8-4-7-17(13-18)26(28,29)30/h3-13,22,32H,1-2H3/b23-21+. The van der Waals surface area contributed by atoms with Crippen LogP contribution >= 0.6 is 15.9 Å². The number of ether oxygens (including phenoxy) is 1. The van der Waals surface area contributed by atoms with E-state index in [0.29, 0.717) is 15.8 Å². The average Bonchev–Trinajstić information content (AvgIpc) is 3.08. The number of alkyl halides is 3. The van der Waals surface area contributed by atoms with Crippen molar-refractivity contribution in [3.63, 3.8) is 0 Å². The van der Waals surface area contributed by atoms with Crippen molar-refractivity contribution in [2.45, 2.75) is 19.1 Å². The number of anilines is 1. The predicted octanol–water partition coefficient (Wildman–Crippen LogP) is 6.41. The van der Waals surface area contributed by atoms with E-state index < -0.39 is 35.2 Å². The molecule has 0 radical (unpaired) electrons. The Labute approximate surface area is 207 Å². The minimum Gasteiger partial charge on any atom is -0.507 e. The van der Waals surface area contributed by atoms with Crippen molar-refractivity contribution >= 4 is 39.1 Å². The van der Waals surface area contributed by atoms with E-state index in [-0.39, 0.29) is 16.8 Å². The second-order valence-electron chi connectivity index (χ2n) is 7.98. The Morgan fingerprint density at radius 2 is 1.74 bits per heavy atom. The molecule has 9 heteroatoms. The number of ketones is 1. The SMILES string of the molecule is COc1ccc(/C(O)=C2\C(=O)C(=O)N(c3cccc(C(F)(F)F)c3)C2c2cccc(C)c2)cc1Br. The molecule has 4 rings (SSSR count). The van der Waals surface area contributed by atoms with Crippen LogP contribution in [0, 0.1) is 6.92 Å². The van der Waals surface area contributed by atoms with Gasteiger partial charge in [0.2, 0.25) is 0 Å². The van der Waals surface area contributed by atoms with Crippen LogP contribution in [-0.4, -0.2) is 23.9 Å². The van der Waals surface area contributed by atoms with Gasteiger partial charge in [0.1, 0.15) is 11.5 Å². The third-order valence-electron chi connectivity index (χ3n) is 5.68. The number of rotatable bonds is 4. The van der Waals surface area contributed by atoms with Gasteiger partial charge in [0.25, 0.3) is 11.7 Å². The second-order valence-corrected chi connectivity index (χ2v) is 8.83. The maximum absolute atomic E-state index is 13.4. The zero-order chi connectivity index (χ0) is 25.5. The first-order valence-corrected chi connectivity index (χ1v) is 11.2. The number of aliphatic hydroxyl groups excluding tert-OH is 1. The highest BCUT2D eigenvalue weighted by molar-refractivity contribution is 9.10. The molecule has 1 aliphatic heterocycles. The Hall–Kier alpha value is -3.59. The number of halogens is 4. The number of hydrogen-bond donors (Lipinski definition) is 1. The molecule has 35 heavy (non-hydrogen) atoms. The first-order chi connectivity index (χ1) is 16.5. The smallest absolute Gasteiger partial charge is 0.416 e. The van der Waals surface area contributed by atoms with E-state index in [0.717, 1.165) is 22.6 Å². The van der Waals surface area contributed by atoms with Gasteiger partial charge in [-0.15, -0.1) is 0 Å². The van der Waals surface area contributed by atoms with Crippen molar-refractivity contribution < 1.29 is 32.6 Å². The Kier molecular flexibility index (Phi) is 6.46. The fraction of sp³-hybridized carbons (Fsp3) is 0.154. The number of Topliss-reactive ketones (excluding diaryl/α,β-unsaturated/α-hetero) is 1. The monoisotopic (exact) mass is 545 g/mol. The molecule has 5 nitrogen and oxygen atoms in total. The zero-order valence-electron chi connectivity index (χ0n) is 18.6. The lowest BCUT2D eigenvalue weighted by Gasteiger charge is -2.26. The molecule has 0 saturated carbocycles. The van der Waals surface area contributed by atoms with Gasteiger partial charge in [-0.25, -0.2) is 0 Å². The molecule has 3 aromatic carbocycles. The molecule has 3 aromatic rings. The highest BCUT2D eigenvalue weighted by Gasteiger charge is 2.47. The third kappa shape index (κ3) is 4.55. The van der Waals surface area contributed by atoms with Crippen LogP contribution in [0.15, 0.2) is 76.8 Å². The van der Waals surface area contributed by atoms with Crippen LogP contribution in [0.5, 0.6) is 5.75 Å². The molecule has 0 spiro atoms. The lowest BCUT2D eigenvalue weighted by Crippen LogP contribution is -2.29. The number of nitrogens with zero attached hydrogens (tertiary/aromatic N) is 1. The maximum Gasteiger partial charge on any atom is 0.416 e. The molecule has 0 aliphatic carbocycles. The summed E-state index contributed by atoms with van der Waals surface area (Å²) >= 11 is 3.33. The van der Waals surface area contributed by atoms with Crippen molar-refractivity contribution in [2.75, 3.05) is 12.0 Å². The van der Waals surface area contributed by atoms with Crippen LogP contribution in [0.2, 0.25) is 0 Å². The van der Waals surface area contributed by atoms with Gasteiger partial charge in [0.15, 0.2) is 0 Å². The second kappa shape index (κ2) is 9.22. The van der Waals surface area contributed by atoms with Crippen LogP contribution in [0.25, 0.3) is 5.76 Å². The molecule has 0 aromatic heterocycles. The van der Waals surface area contributed by atoms with Crippen LogP contribution in [0.3, 0.4) is 0 Å². The van der Waals surface area contributed by atoms with E-state index in [9.17, 15) is 27.9 Å². The molecule has 1 N–H and O–H groups in total. The molecular weight excluding hydrogens is 527 g/mol. The first-order valence-electron chi connectivity index (χ1n) is 10.4.